The van der Waals surface area contributed by atoms with Gasteiger partial charge in [-0.1, -0.05) is 13.8 Å². The van der Waals surface area contributed by atoms with E-state index in [0.717, 1.165) is 31.3 Å². The van der Waals surface area contributed by atoms with E-state index in [-0.39, 0.29) is 6.03 Å². The molecule has 0 aromatic rings. The first-order valence-electron chi connectivity index (χ1n) is 6.21. The molecule has 3 heteroatoms. The maximum absolute atomic E-state index is 11.7. The Balaban J connectivity index is 1.99. The molecule has 1 aliphatic carbocycles. The molecule has 2 atom stereocenters. The van der Waals surface area contributed by atoms with Gasteiger partial charge in [-0.2, -0.15) is 0 Å². The van der Waals surface area contributed by atoms with E-state index in [0.29, 0.717) is 6.04 Å². The molecule has 1 N–H and O–H groups in total. The minimum Gasteiger partial charge on any atom is -0.338 e. The van der Waals surface area contributed by atoms with Crippen LogP contribution in [0.1, 0.15) is 39.5 Å². The van der Waals surface area contributed by atoms with Gasteiger partial charge in [-0.25, -0.2) is 4.79 Å². The molecule has 2 amide bonds. The maximum atomic E-state index is 11.7. The summed E-state index contributed by atoms with van der Waals surface area (Å²) in [6, 6.07) is 0.650. The largest absolute Gasteiger partial charge is 0.338 e. The summed E-state index contributed by atoms with van der Waals surface area (Å²) in [6.45, 7) is 6.43. The minimum absolute atomic E-state index is 0.160. The van der Waals surface area contributed by atoms with Gasteiger partial charge in [0, 0.05) is 19.1 Å². The zero-order valence-electron chi connectivity index (χ0n) is 9.83. The third-order valence-electron chi connectivity index (χ3n) is 3.71. The summed E-state index contributed by atoms with van der Waals surface area (Å²) in [5.74, 6) is 1.54. The highest BCUT2D eigenvalue weighted by Gasteiger charge is 2.31. The van der Waals surface area contributed by atoms with Gasteiger partial charge in [-0.3, -0.25) is 0 Å². The number of nitrogens with zero attached hydrogens (tertiary/aromatic N) is 1. The average molecular weight is 210 g/mol. The molecule has 2 fully saturated rings. The van der Waals surface area contributed by atoms with E-state index in [4.69, 9.17) is 0 Å². The Hall–Kier alpha value is -0.730. The molecule has 1 heterocycles. The highest BCUT2D eigenvalue weighted by Crippen LogP contribution is 2.31. The van der Waals surface area contributed by atoms with Crippen molar-refractivity contribution in [2.75, 3.05) is 13.1 Å². The van der Waals surface area contributed by atoms with E-state index in [1.807, 2.05) is 0 Å². The van der Waals surface area contributed by atoms with E-state index in [1.165, 1.54) is 19.3 Å². The molecule has 15 heavy (non-hydrogen) atoms. The highest BCUT2D eigenvalue weighted by atomic mass is 16.2. The molecular weight excluding hydrogens is 188 g/mol. The molecule has 0 aromatic heterocycles. The van der Waals surface area contributed by atoms with Gasteiger partial charge in [0.2, 0.25) is 0 Å². The average Bonchev–Trinajstić information content (AvgIpc) is 2.16. The Morgan fingerprint density at radius 2 is 1.87 bits per heavy atom. The number of rotatable bonds is 1. The van der Waals surface area contributed by atoms with Gasteiger partial charge >= 0.3 is 6.03 Å². The smallest absolute Gasteiger partial charge is 0.317 e. The van der Waals surface area contributed by atoms with Gasteiger partial charge in [-0.15, -0.1) is 0 Å². The van der Waals surface area contributed by atoms with Crippen LogP contribution in [0.3, 0.4) is 0 Å². The molecule has 0 aromatic carbocycles. The summed E-state index contributed by atoms with van der Waals surface area (Å²) in [5.41, 5.74) is 0. The van der Waals surface area contributed by atoms with Crippen molar-refractivity contribution in [3.8, 4) is 0 Å². The Morgan fingerprint density at radius 1 is 1.20 bits per heavy atom. The fourth-order valence-electron chi connectivity index (χ4n) is 3.16. The van der Waals surface area contributed by atoms with Crippen LogP contribution in [0, 0.1) is 11.8 Å². The third kappa shape index (κ3) is 2.44. The van der Waals surface area contributed by atoms with Crippen LogP contribution in [0.2, 0.25) is 0 Å². The second kappa shape index (κ2) is 4.42. The fourth-order valence-corrected chi connectivity index (χ4v) is 3.16. The molecular formula is C12H22N2O. The van der Waals surface area contributed by atoms with Crippen molar-refractivity contribution in [1.82, 2.24) is 10.2 Å². The van der Waals surface area contributed by atoms with Crippen LogP contribution in [0.4, 0.5) is 4.79 Å². The summed E-state index contributed by atoms with van der Waals surface area (Å²) in [7, 11) is 0. The number of hydrogen-bond acceptors (Lipinski definition) is 1. The van der Waals surface area contributed by atoms with Crippen molar-refractivity contribution in [2.45, 2.75) is 45.6 Å². The number of carbonyl (C=O) groups excluding carboxylic acids is 1. The summed E-state index contributed by atoms with van der Waals surface area (Å²) >= 11 is 0. The quantitative estimate of drug-likeness (QED) is 0.707. The first-order valence-corrected chi connectivity index (χ1v) is 6.21. The van der Waals surface area contributed by atoms with Crippen LogP contribution in [-0.2, 0) is 0 Å². The van der Waals surface area contributed by atoms with Gasteiger partial charge in [0.25, 0.3) is 0 Å². The van der Waals surface area contributed by atoms with Gasteiger partial charge < -0.3 is 10.2 Å². The summed E-state index contributed by atoms with van der Waals surface area (Å²) < 4.78 is 0. The van der Waals surface area contributed by atoms with E-state index >= 15 is 0 Å². The molecule has 0 bridgehead atoms. The van der Waals surface area contributed by atoms with Crippen molar-refractivity contribution >= 4 is 6.03 Å². The predicted molar refractivity (Wildman–Crippen MR) is 60.7 cm³/mol. The van der Waals surface area contributed by atoms with E-state index in [1.54, 1.807) is 0 Å². The highest BCUT2D eigenvalue weighted by molar-refractivity contribution is 5.75. The minimum atomic E-state index is 0.160. The Kier molecular flexibility index (Phi) is 3.17. The van der Waals surface area contributed by atoms with Crippen molar-refractivity contribution in [3.05, 3.63) is 0 Å². The third-order valence-corrected chi connectivity index (χ3v) is 3.71. The van der Waals surface area contributed by atoms with E-state index in [9.17, 15) is 4.79 Å². The summed E-state index contributed by atoms with van der Waals surface area (Å²) in [5, 5.41) is 2.95. The molecule has 1 saturated heterocycles. The van der Waals surface area contributed by atoms with Crippen LogP contribution in [0.5, 0.6) is 0 Å². The normalized spacial score (nSPS) is 37.6. The van der Waals surface area contributed by atoms with E-state index < -0.39 is 0 Å². The Labute approximate surface area is 92.2 Å². The first-order chi connectivity index (χ1) is 7.16. The predicted octanol–water partition coefficient (Wildman–Crippen LogP) is 2.23. The van der Waals surface area contributed by atoms with Gasteiger partial charge in [0.15, 0.2) is 0 Å². The Bertz CT molecular complexity index is 232. The molecule has 86 valence electrons. The molecule has 0 spiro atoms. The van der Waals surface area contributed by atoms with Gasteiger partial charge in [-0.05, 0) is 37.5 Å². The van der Waals surface area contributed by atoms with Crippen molar-refractivity contribution < 1.29 is 4.79 Å². The van der Waals surface area contributed by atoms with E-state index in [2.05, 4.69) is 24.1 Å². The summed E-state index contributed by atoms with van der Waals surface area (Å²) in [6.07, 6.45) is 4.81. The van der Waals surface area contributed by atoms with Crippen LogP contribution >= 0.6 is 0 Å². The number of hydrogen-bond donors (Lipinski definition) is 1. The topological polar surface area (TPSA) is 32.3 Å². The van der Waals surface area contributed by atoms with Crippen LogP contribution in [0.15, 0.2) is 0 Å². The molecule has 2 aliphatic rings. The molecule has 2 rings (SSSR count). The van der Waals surface area contributed by atoms with Crippen molar-refractivity contribution in [3.63, 3.8) is 0 Å². The number of nitrogens with one attached hydrogen (secondary N) is 1. The second-order valence-corrected chi connectivity index (χ2v) is 5.35. The van der Waals surface area contributed by atoms with Gasteiger partial charge in [0.1, 0.15) is 0 Å². The lowest BCUT2D eigenvalue weighted by molar-refractivity contribution is 0.113. The van der Waals surface area contributed by atoms with Crippen molar-refractivity contribution in [1.29, 1.82) is 0 Å². The lowest BCUT2D eigenvalue weighted by Gasteiger charge is -2.40. The van der Waals surface area contributed by atoms with Gasteiger partial charge in [0.05, 0.1) is 0 Å². The summed E-state index contributed by atoms with van der Waals surface area (Å²) in [4.78, 5) is 13.8. The standard InChI is InChI=1S/C12H22N2O/c1-9-6-10(2)8-11(7-9)14-5-3-4-13-12(14)15/h9-11H,3-8H2,1-2H3,(H,13,15). The molecule has 1 saturated carbocycles. The zero-order chi connectivity index (χ0) is 10.8. The lowest BCUT2D eigenvalue weighted by Crippen LogP contribution is -2.52. The van der Waals surface area contributed by atoms with Crippen molar-refractivity contribution in [2.24, 2.45) is 11.8 Å². The zero-order valence-corrected chi connectivity index (χ0v) is 9.83. The monoisotopic (exact) mass is 210 g/mol. The second-order valence-electron chi connectivity index (χ2n) is 5.35. The number of carbonyl (C=O) groups is 1. The molecule has 2 unspecified atom stereocenters. The number of amides is 2. The Morgan fingerprint density at radius 3 is 2.47 bits per heavy atom. The SMILES string of the molecule is CC1CC(C)CC(N2CCCNC2=O)C1. The molecule has 1 aliphatic heterocycles. The lowest BCUT2D eigenvalue weighted by atomic mass is 9.79. The molecule has 0 radical (unpaired) electrons. The first kappa shape index (κ1) is 10.8. The maximum Gasteiger partial charge on any atom is 0.317 e. The van der Waals surface area contributed by atoms with Crippen LogP contribution in [-0.4, -0.2) is 30.1 Å². The number of urea groups is 1. The van der Waals surface area contributed by atoms with Crippen LogP contribution < -0.4 is 5.32 Å². The van der Waals surface area contributed by atoms with Crippen LogP contribution in [0.25, 0.3) is 0 Å². The fraction of sp³-hybridized carbons (Fsp3) is 0.917. The molecule has 3 nitrogen and oxygen atoms in total.